The number of benzene rings is 1. The van der Waals surface area contributed by atoms with Crippen LogP contribution in [0.25, 0.3) is 11.5 Å². The molecule has 2 aromatic heterocycles. The van der Waals surface area contributed by atoms with Gasteiger partial charge in [0.25, 0.3) is 0 Å². The molecule has 0 radical (unpaired) electrons. The average Bonchev–Trinajstić information content (AvgIpc) is 2.58. The third-order valence-electron chi connectivity index (χ3n) is 3.46. The first-order chi connectivity index (χ1) is 10.7. The predicted molar refractivity (Wildman–Crippen MR) is 90.7 cm³/mol. The van der Waals surface area contributed by atoms with E-state index in [1.165, 1.54) is 5.56 Å². The van der Waals surface area contributed by atoms with Crippen LogP contribution < -0.4 is 0 Å². The topological polar surface area (TPSA) is 38.7 Å². The molecule has 0 N–H and O–H groups in total. The van der Waals surface area contributed by atoms with Crippen molar-refractivity contribution in [1.29, 1.82) is 0 Å². The molecule has 0 aliphatic carbocycles. The van der Waals surface area contributed by atoms with E-state index >= 15 is 0 Å². The highest BCUT2D eigenvalue weighted by Gasteiger charge is 2.11. The first-order valence-corrected chi connectivity index (χ1v) is 8.16. The quantitative estimate of drug-likeness (QED) is 0.527. The first-order valence-electron chi connectivity index (χ1n) is 7.17. The molecule has 0 unspecified atom stereocenters. The lowest BCUT2D eigenvalue weighted by Crippen LogP contribution is -1.99. The maximum Gasteiger partial charge on any atom is 0.179 e. The van der Waals surface area contributed by atoms with Crippen molar-refractivity contribution in [2.24, 2.45) is 0 Å². The molecule has 0 bridgehead atoms. The molecule has 110 valence electrons. The van der Waals surface area contributed by atoms with E-state index in [2.05, 4.69) is 41.2 Å². The molecular weight excluding hydrogens is 290 g/mol. The van der Waals surface area contributed by atoms with E-state index in [1.54, 1.807) is 18.0 Å². The lowest BCUT2D eigenvalue weighted by Gasteiger charge is -2.09. The Bertz CT molecular complexity index is 758. The van der Waals surface area contributed by atoms with Crippen molar-refractivity contribution in [1.82, 2.24) is 15.0 Å². The fraction of sp³-hybridized carbons (Fsp3) is 0.167. The van der Waals surface area contributed by atoms with Gasteiger partial charge in [-0.1, -0.05) is 36.4 Å². The van der Waals surface area contributed by atoms with Crippen LogP contribution in [0.1, 0.15) is 16.8 Å². The van der Waals surface area contributed by atoms with Crippen LogP contribution in [-0.2, 0) is 5.75 Å². The number of aromatic nitrogens is 3. The molecule has 0 saturated carbocycles. The van der Waals surface area contributed by atoms with Crippen LogP contribution in [0.4, 0.5) is 0 Å². The van der Waals surface area contributed by atoms with Crippen molar-refractivity contribution < 1.29 is 0 Å². The lowest BCUT2D eigenvalue weighted by atomic mass is 10.2. The van der Waals surface area contributed by atoms with Crippen LogP contribution in [0.2, 0.25) is 0 Å². The highest BCUT2D eigenvalue weighted by molar-refractivity contribution is 7.98. The van der Waals surface area contributed by atoms with Gasteiger partial charge in [0.1, 0.15) is 10.7 Å². The molecule has 0 saturated heterocycles. The fourth-order valence-electron chi connectivity index (χ4n) is 2.08. The highest BCUT2D eigenvalue weighted by Crippen LogP contribution is 2.27. The Morgan fingerprint density at radius 1 is 0.909 bits per heavy atom. The molecule has 3 nitrogen and oxygen atoms in total. The molecule has 0 aliphatic rings. The van der Waals surface area contributed by atoms with Gasteiger partial charge >= 0.3 is 0 Å². The molecule has 2 heterocycles. The summed E-state index contributed by atoms with van der Waals surface area (Å²) in [5.41, 5.74) is 4.25. The summed E-state index contributed by atoms with van der Waals surface area (Å²) in [6.07, 6.45) is 1.77. The fourth-order valence-corrected chi connectivity index (χ4v) is 3.09. The summed E-state index contributed by atoms with van der Waals surface area (Å²) in [5.74, 6) is 1.60. The van der Waals surface area contributed by atoms with Crippen LogP contribution in [0.5, 0.6) is 0 Å². The normalized spacial score (nSPS) is 10.6. The zero-order valence-corrected chi connectivity index (χ0v) is 13.5. The van der Waals surface area contributed by atoms with Crippen molar-refractivity contribution in [3.05, 3.63) is 71.5 Å². The SMILES string of the molecule is Cc1nc(-c2ccccn2)nc(SCc2ccccc2)c1C. The Balaban J connectivity index is 1.89. The summed E-state index contributed by atoms with van der Waals surface area (Å²) in [7, 11) is 0. The second kappa shape index (κ2) is 6.71. The largest absolute Gasteiger partial charge is 0.253 e. The molecule has 0 spiro atoms. The van der Waals surface area contributed by atoms with Gasteiger partial charge in [-0.15, -0.1) is 11.8 Å². The minimum absolute atomic E-state index is 0.694. The zero-order valence-electron chi connectivity index (χ0n) is 12.7. The molecule has 3 rings (SSSR count). The monoisotopic (exact) mass is 307 g/mol. The van der Waals surface area contributed by atoms with E-state index in [4.69, 9.17) is 4.98 Å². The maximum absolute atomic E-state index is 4.71. The van der Waals surface area contributed by atoms with Gasteiger partial charge in [-0.3, -0.25) is 4.98 Å². The van der Waals surface area contributed by atoms with Gasteiger partial charge in [-0.25, -0.2) is 9.97 Å². The standard InChI is InChI=1S/C18H17N3S/c1-13-14(2)20-17(16-10-6-7-11-19-16)21-18(13)22-12-15-8-4-3-5-9-15/h3-11H,12H2,1-2H3. The van der Waals surface area contributed by atoms with Gasteiger partial charge in [0, 0.05) is 23.2 Å². The van der Waals surface area contributed by atoms with Crippen molar-refractivity contribution in [2.45, 2.75) is 24.6 Å². The van der Waals surface area contributed by atoms with E-state index in [9.17, 15) is 0 Å². The lowest BCUT2D eigenvalue weighted by molar-refractivity contribution is 0.963. The molecule has 22 heavy (non-hydrogen) atoms. The zero-order chi connectivity index (χ0) is 15.4. The number of rotatable bonds is 4. The summed E-state index contributed by atoms with van der Waals surface area (Å²) in [4.78, 5) is 13.6. The smallest absolute Gasteiger partial charge is 0.179 e. The summed E-state index contributed by atoms with van der Waals surface area (Å²) in [5, 5.41) is 1.03. The molecule has 1 aromatic carbocycles. The highest BCUT2D eigenvalue weighted by atomic mass is 32.2. The van der Waals surface area contributed by atoms with Crippen LogP contribution in [0.15, 0.2) is 59.8 Å². The molecule has 0 amide bonds. The summed E-state index contributed by atoms with van der Waals surface area (Å²) < 4.78 is 0. The van der Waals surface area contributed by atoms with Crippen LogP contribution in [-0.4, -0.2) is 15.0 Å². The first kappa shape index (κ1) is 14.7. The minimum Gasteiger partial charge on any atom is -0.253 e. The molecule has 0 fully saturated rings. The third kappa shape index (κ3) is 3.34. The predicted octanol–water partition coefficient (Wildman–Crippen LogP) is 4.45. The Morgan fingerprint density at radius 2 is 1.68 bits per heavy atom. The molecular formula is C18H17N3S. The van der Waals surface area contributed by atoms with Crippen molar-refractivity contribution >= 4 is 11.8 Å². The Morgan fingerprint density at radius 3 is 2.41 bits per heavy atom. The van der Waals surface area contributed by atoms with Gasteiger partial charge in [0.15, 0.2) is 5.82 Å². The number of aryl methyl sites for hydroxylation is 1. The number of thioether (sulfide) groups is 1. The number of pyridine rings is 1. The van der Waals surface area contributed by atoms with E-state index in [1.807, 2.05) is 31.2 Å². The molecule has 3 aromatic rings. The van der Waals surface area contributed by atoms with Gasteiger partial charge in [-0.05, 0) is 31.5 Å². The number of nitrogens with zero attached hydrogens (tertiary/aromatic N) is 3. The van der Waals surface area contributed by atoms with Crippen LogP contribution >= 0.6 is 11.8 Å². The number of hydrogen-bond donors (Lipinski definition) is 0. The average molecular weight is 307 g/mol. The third-order valence-corrected chi connectivity index (χ3v) is 4.61. The second-order valence-corrected chi connectivity index (χ2v) is 6.02. The molecule has 0 atom stereocenters. The Kier molecular flexibility index (Phi) is 4.49. The summed E-state index contributed by atoms with van der Waals surface area (Å²) in [6, 6.07) is 16.2. The second-order valence-electron chi connectivity index (χ2n) is 5.05. The molecule has 4 heteroatoms. The van der Waals surface area contributed by atoms with Gasteiger partial charge in [-0.2, -0.15) is 0 Å². The van der Waals surface area contributed by atoms with E-state index < -0.39 is 0 Å². The van der Waals surface area contributed by atoms with Crippen LogP contribution in [0.3, 0.4) is 0 Å². The van der Waals surface area contributed by atoms with Gasteiger partial charge in [0.2, 0.25) is 0 Å². The Hall–Kier alpha value is -2.20. The van der Waals surface area contributed by atoms with Crippen molar-refractivity contribution in [3.8, 4) is 11.5 Å². The minimum atomic E-state index is 0.694. The van der Waals surface area contributed by atoms with Crippen molar-refractivity contribution in [2.75, 3.05) is 0 Å². The van der Waals surface area contributed by atoms with Gasteiger partial charge < -0.3 is 0 Å². The van der Waals surface area contributed by atoms with E-state index in [0.717, 1.165) is 27.7 Å². The van der Waals surface area contributed by atoms with Crippen LogP contribution in [0, 0.1) is 13.8 Å². The van der Waals surface area contributed by atoms with E-state index in [0.29, 0.717) is 5.82 Å². The summed E-state index contributed by atoms with van der Waals surface area (Å²) in [6.45, 7) is 4.10. The van der Waals surface area contributed by atoms with E-state index in [-0.39, 0.29) is 0 Å². The number of hydrogen-bond acceptors (Lipinski definition) is 4. The Labute approximate surface area is 134 Å². The summed E-state index contributed by atoms with van der Waals surface area (Å²) >= 11 is 1.74. The molecule has 0 aliphatic heterocycles. The van der Waals surface area contributed by atoms with Gasteiger partial charge in [0.05, 0.1) is 0 Å². The van der Waals surface area contributed by atoms with Crippen molar-refractivity contribution in [3.63, 3.8) is 0 Å². The maximum atomic E-state index is 4.71.